The number of ether oxygens (including phenoxy) is 2. The number of benzene rings is 3. The quantitative estimate of drug-likeness (QED) is 0.0159. The number of hydrogen-bond acceptors (Lipinski definition) is 14. The average molecular weight is 960 g/mol. The van der Waals surface area contributed by atoms with Crippen molar-refractivity contribution in [3.05, 3.63) is 82.4 Å². The molecular weight excluding hydrogens is 883 g/mol. The molecule has 0 aromatic heterocycles. The minimum absolute atomic E-state index is 0.139. The maximum Gasteiger partial charge on any atom is 0.251 e. The number of carbonyl (C=O) groups excluding carboxylic acids is 6. The number of hydrazine groups is 1. The topological polar surface area (TPSA) is 315 Å². The molecule has 0 fully saturated rings. The molecule has 0 bridgehead atoms. The third-order valence-corrected chi connectivity index (χ3v) is 10.9. The van der Waals surface area contributed by atoms with Gasteiger partial charge in [0.1, 0.15) is 36.5 Å². The normalized spacial score (nSPS) is 11.8. The van der Waals surface area contributed by atoms with Gasteiger partial charge < -0.3 is 58.8 Å². The van der Waals surface area contributed by atoms with Gasteiger partial charge in [-0.2, -0.15) is 5.10 Å². The Balaban J connectivity index is 0.00000530. The van der Waals surface area contributed by atoms with Crippen molar-refractivity contribution in [2.45, 2.75) is 98.4 Å². The predicted octanol–water partition coefficient (Wildman–Crippen LogP) is 2.83. The van der Waals surface area contributed by atoms with E-state index in [0.29, 0.717) is 46.6 Å². The lowest BCUT2D eigenvalue weighted by Gasteiger charge is -2.29. The molecule has 2 atom stereocenters. The van der Waals surface area contributed by atoms with Crippen LogP contribution in [0.15, 0.2) is 59.7 Å². The van der Waals surface area contributed by atoms with Gasteiger partial charge in [-0.1, -0.05) is 77.1 Å². The van der Waals surface area contributed by atoms with Gasteiger partial charge in [-0.05, 0) is 98.7 Å². The standard InChI is InChI=1S/C48H70N10O8.C2H7N/c1-6-8-9-10-11-13-33-14-17-37(31(3)24-33)47(63)55-30-43(61)58(5)44(48(64)53-28-32(4)59)35-16-19-42(66-23-21-50)39(27-35)38-26-34(15-18-41(38)65-22-20-49)25-36(12-7-2)46(62)54-29-40(60)45(56-51)57-52;1-2-3/h14-19,24,26-27,36,44H,6-13,20-23,25,28-30,49-52H2,1-5H3,(H,53,64)(H,54,62)(H,55,63)(H,56,57);2-3H2,1H3. The molecule has 3 aromatic carbocycles. The number of amides is 4. The fraction of sp³-hybridized carbons (Fsp3) is 0.500. The predicted molar refractivity (Wildman–Crippen MR) is 270 cm³/mol. The van der Waals surface area contributed by atoms with E-state index in [2.05, 4.69) is 33.4 Å². The van der Waals surface area contributed by atoms with Crippen molar-refractivity contribution in [3.8, 4) is 22.6 Å². The second kappa shape index (κ2) is 32.4. The first-order chi connectivity index (χ1) is 33.1. The summed E-state index contributed by atoms with van der Waals surface area (Å²) < 4.78 is 12.2. The second-order valence-electron chi connectivity index (χ2n) is 16.5. The molecule has 0 aliphatic carbocycles. The van der Waals surface area contributed by atoms with E-state index in [9.17, 15) is 28.8 Å². The largest absolute Gasteiger partial charge is 0.492 e. The van der Waals surface area contributed by atoms with E-state index < -0.39 is 42.0 Å². The Bertz CT molecular complexity index is 2170. The maximum absolute atomic E-state index is 14.0. The van der Waals surface area contributed by atoms with Crippen molar-refractivity contribution in [2.24, 2.45) is 39.9 Å². The Morgan fingerprint density at radius 3 is 1.91 bits per heavy atom. The van der Waals surface area contributed by atoms with E-state index in [0.717, 1.165) is 42.5 Å². The van der Waals surface area contributed by atoms with E-state index in [1.54, 1.807) is 30.3 Å². The lowest BCUT2D eigenvalue weighted by Crippen LogP contribution is -2.46. The number of aryl methyl sites for hydroxylation is 2. The molecule has 0 radical (unpaired) electrons. The van der Waals surface area contributed by atoms with Crippen molar-refractivity contribution in [3.63, 3.8) is 0 Å². The third-order valence-electron chi connectivity index (χ3n) is 10.9. The molecular formula is C50H77N11O8. The van der Waals surface area contributed by atoms with E-state index in [1.807, 2.05) is 45.0 Å². The van der Waals surface area contributed by atoms with Gasteiger partial charge in [-0.3, -0.25) is 28.8 Å². The minimum Gasteiger partial charge on any atom is -0.492 e. The molecule has 380 valence electrons. The zero-order chi connectivity index (χ0) is 51.3. The van der Waals surface area contributed by atoms with Gasteiger partial charge in [0, 0.05) is 42.7 Å². The Labute approximate surface area is 407 Å². The first-order valence-electron chi connectivity index (χ1n) is 23.7. The van der Waals surface area contributed by atoms with Crippen molar-refractivity contribution < 1.29 is 38.2 Å². The van der Waals surface area contributed by atoms with Crippen LogP contribution < -0.4 is 59.7 Å². The zero-order valence-corrected chi connectivity index (χ0v) is 41.4. The summed E-state index contributed by atoms with van der Waals surface area (Å²) in [6, 6.07) is 14.8. The summed E-state index contributed by atoms with van der Waals surface area (Å²) in [5, 5.41) is 11.3. The average Bonchev–Trinajstić information content (AvgIpc) is 3.33. The fourth-order valence-electron chi connectivity index (χ4n) is 7.42. The van der Waals surface area contributed by atoms with Crippen LogP contribution in [0.4, 0.5) is 0 Å². The van der Waals surface area contributed by atoms with E-state index in [-0.39, 0.29) is 63.3 Å². The number of unbranched alkanes of at least 4 members (excludes halogenated alkanes) is 4. The number of likely N-dealkylation sites (N-methyl/N-ethyl adjacent to an activating group) is 1. The van der Waals surface area contributed by atoms with Crippen molar-refractivity contribution in [2.75, 3.05) is 59.5 Å². The molecule has 0 aliphatic heterocycles. The summed E-state index contributed by atoms with van der Waals surface area (Å²) in [6.07, 6.45) is 8.17. The number of nitrogens with two attached hydrogens (primary N) is 5. The van der Waals surface area contributed by atoms with Crippen LogP contribution in [-0.4, -0.2) is 105 Å². The van der Waals surface area contributed by atoms with Gasteiger partial charge in [0.25, 0.3) is 5.91 Å². The number of hydrogen-bond donors (Lipinski definition) is 9. The molecule has 0 heterocycles. The monoisotopic (exact) mass is 960 g/mol. The van der Waals surface area contributed by atoms with Crippen LogP contribution in [0.2, 0.25) is 0 Å². The van der Waals surface area contributed by atoms with Crippen LogP contribution in [0.25, 0.3) is 11.1 Å². The molecule has 19 heteroatoms. The minimum atomic E-state index is -1.27. The van der Waals surface area contributed by atoms with E-state index in [4.69, 9.17) is 38.4 Å². The molecule has 19 nitrogen and oxygen atoms in total. The first-order valence-corrected chi connectivity index (χ1v) is 23.7. The van der Waals surface area contributed by atoms with Gasteiger partial charge in [0.15, 0.2) is 0 Å². The highest BCUT2D eigenvalue weighted by molar-refractivity contribution is 6.39. The van der Waals surface area contributed by atoms with Crippen LogP contribution in [0.5, 0.6) is 11.5 Å². The Kier molecular flexibility index (Phi) is 27.5. The molecule has 0 saturated heterocycles. The molecule has 0 aliphatic rings. The summed E-state index contributed by atoms with van der Waals surface area (Å²) in [5.74, 6) is 7.61. The van der Waals surface area contributed by atoms with Crippen LogP contribution in [0, 0.1) is 12.8 Å². The summed E-state index contributed by atoms with van der Waals surface area (Å²) in [7, 11) is 1.45. The number of ketones is 2. The van der Waals surface area contributed by atoms with E-state index >= 15 is 0 Å². The van der Waals surface area contributed by atoms with Crippen LogP contribution in [-0.2, 0) is 36.8 Å². The smallest absolute Gasteiger partial charge is 0.251 e. The number of nitrogens with zero attached hydrogens (tertiary/aromatic N) is 2. The van der Waals surface area contributed by atoms with Gasteiger partial charge in [0.2, 0.25) is 29.3 Å². The molecule has 0 spiro atoms. The number of rotatable bonds is 29. The summed E-state index contributed by atoms with van der Waals surface area (Å²) in [5.41, 5.74) is 23.1. The lowest BCUT2D eigenvalue weighted by atomic mass is 9.91. The lowest BCUT2D eigenvalue weighted by molar-refractivity contribution is -0.138. The van der Waals surface area contributed by atoms with Crippen molar-refractivity contribution in [1.82, 2.24) is 26.3 Å². The molecule has 3 aromatic rings. The highest BCUT2D eigenvalue weighted by Crippen LogP contribution is 2.40. The maximum atomic E-state index is 14.0. The number of nitrogens with one attached hydrogen (secondary N) is 4. The molecule has 4 amide bonds. The number of carbonyl (C=O) groups is 6. The first kappa shape index (κ1) is 58.7. The Hall–Kier alpha value is -6.41. The fourth-order valence-corrected chi connectivity index (χ4v) is 7.42. The van der Waals surface area contributed by atoms with Crippen molar-refractivity contribution >= 4 is 41.0 Å². The third kappa shape index (κ3) is 19.6. The zero-order valence-electron chi connectivity index (χ0n) is 41.4. The highest BCUT2D eigenvalue weighted by Gasteiger charge is 2.31. The molecule has 69 heavy (non-hydrogen) atoms. The van der Waals surface area contributed by atoms with Crippen LogP contribution >= 0.6 is 0 Å². The summed E-state index contributed by atoms with van der Waals surface area (Å²) >= 11 is 0. The van der Waals surface area contributed by atoms with Gasteiger partial charge in [-0.15, -0.1) is 0 Å². The molecule has 14 N–H and O–H groups in total. The highest BCUT2D eigenvalue weighted by atomic mass is 16.5. The Morgan fingerprint density at radius 1 is 0.725 bits per heavy atom. The molecule has 0 saturated carbocycles. The van der Waals surface area contributed by atoms with Crippen LogP contribution in [0.3, 0.4) is 0 Å². The molecule has 3 rings (SSSR count). The van der Waals surface area contributed by atoms with E-state index in [1.165, 1.54) is 38.1 Å². The number of Topliss-reactive ketones (excluding diaryl/α,β-unsaturated/α-hetero) is 2. The second-order valence-corrected chi connectivity index (χ2v) is 16.5. The van der Waals surface area contributed by atoms with Gasteiger partial charge in [0.05, 0.1) is 19.6 Å². The van der Waals surface area contributed by atoms with Gasteiger partial charge in [-0.25, -0.2) is 5.84 Å². The van der Waals surface area contributed by atoms with Crippen LogP contribution in [0.1, 0.15) is 111 Å². The van der Waals surface area contributed by atoms with Crippen molar-refractivity contribution in [1.29, 1.82) is 0 Å². The SMILES string of the molecule is CCCCCCCc1ccc(C(=O)NCC(=O)N(C)C(C(=O)NCC(C)=O)c2ccc(OCCN)c(-c3cc(CC(CCC)C(=O)NCC(=O)/C(=N/N)NN)ccc3OCCN)c2)c(C)c1.CCN. The Morgan fingerprint density at radius 2 is 1.33 bits per heavy atom. The summed E-state index contributed by atoms with van der Waals surface area (Å²) in [4.78, 5) is 80.5. The number of amidine groups is 1. The number of hydrazone groups is 1. The van der Waals surface area contributed by atoms with Gasteiger partial charge >= 0.3 is 0 Å². The molecule has 2 unspecified atom stereocenters. The summed E-state index contributed by atoms with van der Waals surface area (Å²) in [6.45, 7) is 9.60.